The summed E-state index contributed by atoms with van der Waals surface area (Å²) in [6.45, 7) is 4.91. The average molecular weight is 367 g/mol. The molecule has 3 amide bonds. The van der Waals surface area contributed by atoms with E-state index in [2.05, 4.69) is 5.32 Å². The van der Waals surface area contributed by atoms with Crippen molar-refractivity contribution in [2.75, 3.05) is 25.0 Å². The van der Waals surface area contributed by atoms with E-state index < -0.39 is 35.6 Å². The first-order valence-electron chi connectivity index (χ1n) is 8.11. The van der Waals surface area contributed by atoms with Crippen molar-refractivity contribution >= 4 is 23.8 Å². The van der Waals surface area contributed by atoms with Gasteiger partial charge in [0.25, 0.3) is 0 Å². The highest BCUT2D eigenvalue weighted by molar-refractivity contribution is 5.90. The number of para-hydroxylation sites is 1. The van der Waals surface area contributed by atoms with Crippen LogP contribution in [0.4, 0.5) is 19.7 Å². The molecule has 1 heterocycles. The molecule has 0 aromatic heterocycles. The van der Waals surface area contributed by atoms with Gasteiger partial charge in [-0.3, -0.25) is 4.90 Å². The van der Waals surface area contributed by atoms with Gasteiger partial charge in [-0.1, -0.05) is 12.1 Å². The number of ether oxygens (including phenoxy) is 1. The first kappa shape index (κ1) is 19.5. The summed E-state index contributed by atoms with van der Waals surface area (Å²) < 4.78 is 18.9. The smallest absolute Gasteiger partial charge is 0.411 e. The number of nitrogens with zero attached hydrogens (tertiary/aromatic N) is 2. The fourth-order valence-corrected chi connectivity index (χ4v) is 2.47. The third-order valence-electron chi connectivity index (χ3n) is 3.70. The van der Waals surface area contributed by atoms with Gasteiger partial charge in [-0.15, -0.1) is 0 Å². The first-order valence-corrected chi connectivity index (χ1v) is 8.11. The first-order chi connectivity index (χ1) is 12.1. The van der Waals surface area contributed by atoms with Crippen LogP contribution in [0.15, 0.2) is 24.3 Å². The fourth-order valence-electron chi connectivity index (χ4n) is 2.47. The lowest BCUT2D eigenvalue weighted by Gasteiger charge is -2.39. The molecular weight excluding hydrogens is 345 g/mol. The van der Waals surface area contributed by atoms with Gasteiger partial charge in [0.05, 0.1) is 12.2 Å². The molecule has 26 heavy (non-hydrogen) atoms. The number of rotatable bonds is 2. The van der Waals surface area contributed by atoms with Gasteiger partial charge >= 0.3 is 18.1 Å². The minimum atomic E-state index is -1.25. The molecule has 142 valence electrons. The number of hydrogen-bond donors (Lipinski definition) is 2. The quantitative estimate of drug-likeness (QED) is 0.836. The summed E-state index contributed by atoms with van der Waals surface area (Å²) in [5, 5.41) is 11.8. The Morgan fingerprint density at radius 1 is 1.23 bits per heavy atom. The molecule has 1 atom stereocenters. The third-order valence-corrected chi connectivity index (χ3v) is 3.70. The van der Waals surface area contributed by atoms with Crippen LogP contribution in [-0.2, 0) is 9.53 Å². The predicted octanol–water partition coefficient (Wildman–Crippen LogP) is 2.36. The number of hydrogen-bond acceptors (Lipinski definition) is 4. The van der Waals surface area contributed by atoms with Crippen molar-refractivity contribution in [3.63, 3.8) is 0 Å². The zero-order valence-corrected chi connectivity index (χ0v) is 14.9. The second kappa shape index (κ2) is 7.59. The topological polar surface area (TPSA) is 99.2 Å². The van der Waals surface area contributed by atoms with Crippen molar-refractivity contribution in [2.24, 2.45) is 0 Å². The molecule has 0 bridgehead atoms. The molecule has 1 aromatic rings. The lowest BCUT2D eigenvalue weighted by molar-refractivity contribution is -0.144. The molecule has 2 rings (SSSR count). The molecule has 1 fully saturated rings. The minimum absolute atomic E-state index is 0.000975. The molecule has 1 saturated heterocycles. The van der Waals surface area contributed by atoms with Crippen LogP contribution < -0.4 is 5.32 Å². The highest BCUT2D eigenvalue weighted by Crippen LogP contribution is 2.18. The highest BCUT2D eigenvalue weighted by Gasteiger charge is 2.39. The van der Waals surface area contributed by atoms with Crippen molar-refractivity contribution < 1.29 is 28.6 Å². The molecule has 0 spiro atoms. The Morgan fingerprint density at radius 3 is 2.46 bits per heavy atom. The standard InChI is InChI=1S/C17H22FN3O5/c1-17(2,3)26-16(25)21-9-8-20(10-13(21)14(22)23)15(24)19-12-7-5-4-6-11(12)18/h4-7,13H,8-10H2,1-3H3,(H,19,24)(H,22,23). The monoisotopic (exact) mass is 367 g/mol. The van der Waals surface area contributed by atoms with E-state index in [9.17, 15) is 23.9 Å². The molecule has 1 aliphatic heterocycles. The van der Waals surface area contributed by atoms with E-state index >= 15 is 0 Å². The molecule has 1 aliphatic rings. The number of nitrogens with one attached hydrogen (secondary N) is 1. The lowest BCUT2D eigenvalue weighted by Crippen LogP contribution is -2.60. The van der Waals surface area contributed by atoms with Crippen LogP contribution >= 0.6 is 0 Å². The van der Waals surface area contributed by atoms with Crippen molar-refractivity contribution in [3.05, 3.63) is 30.1 Å². The number of amides is 3. The van der Waals surface area contributed by atoms with Gasteiger partial charge in [0, 0.05) is 13.1 Å². The predicted molar refractivity (Wildman–Crippen MR) is 91.4 cm³/mol. The number of halogens is 1. The number of aliphatic carboxylic acids is 1. The Morgan fingerprint density at radius 2 is 1.88 bits per heavy atom. The second-order valence-corrected chi connectivity index (χ2v) is 6.88. The Balaban J connectivity index is 2.07. The summed E-state index contributed by atoms with van der Waals surface area (Å²) in [4.78, 5) is 38.4. The maximum Gasteiger partial charge on any atom is 0.411 e. The zero-order valence-electron chi connectivity index (χ0n) is 14.9. The Hall–Kier alpha value is -2.84. The fraction of sp³-hybridized carbons (Fsp3) is 0.471. The van der Waals surface area contributed by atoms with Crippen molar-refractivity contribution in [1.82, 2.24) is 9.80 Å². The molecular formula is C17H22FN3O5. The molecule has 1 unspecified atom stereocenters. The van der Waals surface area contributed by atoms with Gasteiger partial charge < -0.3 is 20.1 Å². The Kier molecular flexibility index (Phi) is 5.69. The largest absolute Gasteiger partial charge is 0.480 e. The number of carbonyl (C=O) groups is 3. The summed E-state index contributed by atoms with van der Waals surface area (Å²) in [7, 11) is 0. The van der Waals surface area contributed by atoms with Gasteiger partial charge in [-0.25, -0.2) is 18.8 Å². The molecule has 0 saturated carbocycles. The van der Waals surface area contributed by atoms with E-state index in [1.54, 1.807) is 26.8 Å². The number of urea groups is 1. The molecule has 2 N–H and O–H groups in total. The van der Waals surface area contributed by atoms with E-state index in [0.29, 0.717) is 0 Å². The summed E-state index contributed by atoms with van der Waals surface area (Å²) >= 11 is 0. The minimum Gasteiger partial charge on any atom is -0.480 e. The zero-order chi connectivity index (χ0) is 19.5. The van der Waals surface area contributed by atoms with Crippen LogP contribution in [0.3, 0.4) is 0 Å². The van der Waals surface area contributed by atoms with Crippen LogP contribution in [0.25, 0.3) is 0 Å². The van der Waals surface area contributed by atoms with E-state index in [1.165, 1.54) is 23.1 Å². The summed E-state index contributed by atoms with van der Waals surface area (Å²) in [5.41, 5.74) is -0.765. The van der Waals surface area contributed by atoms with Crippen molar-refractivity contribution in [3.8, 4) is 0 Å². The number of carbonyl (C=O) groups excluding carboxylic acids is 2. The van der Waals surface area contributed by atoms with Crippen LogP contribution in [0, 0.1) is 5.82 Å². The van der Waals surface area contributed by atoms with Gasteiger partial charge in [0.15, 0.2) is 6.04 Å². The van der Waals surface area contributed by atoms with E-state index in [-0.39, 0.29) is 25.3 Å². The average Bonchev–Trinajstić information content (AvgIpc) is 2.54. The summed E-state index contributed by atoms with van der Waals surface area (Å²) in [6.07, 6.45) is -0.751. The maximum absolute atomic E-state index is 13.7. The Labute approximate surface area is 150 Å². The number of anilines is 1. The van der Waals surface area contributed by atoms with Crippen LogP contribution in [0.2, 0.25) is 0 Å². The molecule has 8 nitrogen and oxygen atoms in total. The van der Waals surface area contributed by atoms with Crippen LogP contribution in [0.1, 0.15) is 20.8 Å². The second-order valence-electron chi connectivity index (χ2n) is 6.88. The van der Waals surface area contributed by atoms with Crippen LogP contribution in [0.5, 0.6) is 0 Å². The van der Waals surface area contributed by atoms with E-state index in [4.69, 9.17) is 4.74 Å². The van der Waals surface area contributed by atoms with Gasteiger partial charge in [0.2, 0.25) is 0 Å². The number of piperazine rings is 1. The maximum atomic E-state index is 13.7. The number of benzene rings is 1. The third kappa shape index (κ3) is 4.84. The Bertz CT molecular complexity index is 704. The highest BCUT2D eigenvalue weighted by atomic mass is 19.1. The SMILES string of the molecule is CC(C)(C)OC(=O)N1CCN(C(=O)Nc2ccccc2F)CC1C(=O)O. The van der Waals surface area contributed by atoms with Crippen molar-refractivity contribution in [1.29, 1.82) is 0 Å². The van der Waals surface area contributed by atoms with E-state index in [1.807, 2.05) is 0 Å². The number of carboxylic acid groups (broad SMARTS) is 1. The molecule has 1 aromatic carbocycles. The van der Waals surface area contributed by atoms with E-state index in [0.717, 1.165) is 4.90 Å². The van der Waals surface area contributed by atoms with Gasteiger partial charge in [-0.05, 0) is 32.9 Å². The van der Waals surface area contributed by atoms with Crippen molar-refractivity contribution in [2.45, 2.75) is 32.4 Å². The van der Waals surface area contributed by atoms with Gasteiger partial charge in [-0.2, -0.15) is 0 Å². The summed E-state index contributed by atoms with van der Waals surface area (Å²) in [6, 6.07) is 3.79. The van der Waals surface area contributed by atoms with Crippen LogP contribution in [-0.4, -0.2) is 64.3 Å². The molecule has 0 aliphatic carbocycles. The normalized spacial score (nSPS) is 17.6. The number of carboxylic acids is 1. The summed E-state index contributed by atoms with van der Waals surface area (Å²) in [5.74, 6) is -1.85. The molecule has 9 heteroatoms. The molecule has 0 radical (unpaired) electrons. The lowest BCUT2D eigenvalue weighted by atomic mass is 10.1. The van der Waals surface area contributed by atoms with Gasteiger partial charge in [0.1, 0.15) is 11.4 Å².